The molecule has 3 N–H and O–H groups in total. The molecule has 12 heavy (non-hydrogen) atoms. The quantitative estimate of drug-likeness (QED) is 0.704. The molecule has 4 nitrogen and oxygen atoms in total. The van der Waals surface area contributed by atoms with E-state index in [9.17, 15) is 4.79 Å². The number of carboxylic acid groups (broad SMARTS) is 1. The van der Waals surface area contributed by atoms with E-state index in [0.717, 1.165) is 11.3 Å². The molecule has 0 bridgehead atoms. The molecular formula is C7H6N2O2S. The van der Waals surface area contributed by atoms with Gasteiger partial charge in [0.2, 0.25) is 0 Å². The lowest BCUT2D eigenvalue weighted by Crippen LogP contribution is -2.19. The molecule has 0 aliphatic carbocycles. The van der Waals surface area contributed by atoms with Crippen LogP contribution in [-0.4, -0.2) is 11.1 Å². The fourth-order valence-corrected chi connectivity index (χ4v) is 1.50. The normalized spacial score (nSPS) is 12.0. The monoisotopic (exact) mass is 182 g/mol. The third kappa shape index (κ3) is 1.61. The lowest BCUT2D eigenvalue weighted by Gasteiger charge is -2.00. The smallest absolute Gasteiger partial charge is 0.325 e. The molecule has 1 heterocycles. The first kappa shape index (κ1) is 8.71. The maximum Gasteiger partial charge on any atom is 0.325 e. The van der Waals surface area contributed by atoms with Gasteiger partial charge in [-0.1, -0.05) is 0 Å². The average Bonchev–Trinajstić information content (AvgIpc) is 2.50. The number of nitrogens with zero attached hydrogens (tertiary/aromatic N) is 1. The molecule has 0 fully saturated rings. The molecule has 0 radical (unpaired) electrons. The van der Waals surface area contributed by atoms with E-state index in [2.05, 4.69) is 0 Å². The van der Waals surface area contributed by atoms with E-state index < -0.39 is 12.0 Å². The summed E-state index contributed by atoms with van der Waals surface area (Å²) in [5, 5.41) is 17.0. The van der Waals surface area contributed by atoms with E-state index >= 15 is 0 Å². The van der Waals surface area contributed by atoms with Crippen LogP contribution in [0.5, 0.6) is 0 Å². The molecule has 1 atom stereocenters. The van der Waals surface area contributed by atoms with Gasteiger partial charge in [-0.25, -0.2) is 0 Å². The van der Waals surface area contributed by atoms with Crippen LogP contribution in [0.15, 0.2) is 12.1 Å². The minimum atomic E-state index is -1.08. The van der Waals surface area contributed by atoms with Gasteiger partial charge in [-0.2, -0.15) is 5.26 Å². The predicted molar refractivity (Wildman–Crippen MR) is 43.6 cm³/mol. The fourth-order valence-electron chi connectivity index (χ4n) is 0.702. The van der Waals surface area contributed by atoms with Gasteiger partial charge in [0.05, 0.1) is 0 Å². The van der Waals surface area contributed by atoms with Crippen LogP contribution in [0.2, 0.25) is 0 Å². The molecule has 1 aromatic heterocycles. The van der Waals surface area contributed by atoms with Crippen molar-refractivity contribution < 1.29 is 9.90 Å². The Kier molecular flexibility index (Phi) is 2.43. The lowest BCUT2D eigenvalue weighted by atomic mass is 10.2. The first-order valence-corrected chi connectivity index (χ1v) is 3.95. The maximum atomic E-state index is 10.4. The first-order valence-electron chi connectivity index (χ1n) is 3.13. The van der Waals surface area contributed by atoms with Crippen LogP contribution in [0.4, 0.5) is 0 Å². The zero-order valence-electron chi connectivity index (χ0n) is 6.02. The number of nitriles is 1. The van der Waals surface area contributed by atoms with Crippen molar-refractivity contribution in [1.29, 1.82) is 5.26 Å². The van der Waals surface area contributed by atoms with Gasteiger partial charge in [-0.3, -0.25) is 4.79 Å². The lowest BCUT2D eigenvalue weighted by molar-refractivity contribution is -0.138. The summed E-state index contributed by atoms with van der Waals surface area (Å²) in [5.41, 5.74) is 5.31. The van der Waals surface area contributed by atoms with Crippen molar-refractivity contribution in [1.82, 2.24) is 0 Å². The van der Waals surface area contributed by atoms with Crippen molar-refractivity contribution in [3.05, 3.63) is 21.9 Å². The Morgan fingerprint density at radius 2 is 2.42 bits per heavy atom. The van der Waals surface area contributed by atoms with Crippen molar-refractivity contribution in [2.45, 2.75) is 6.04 Å². The molecule has 0 aromatic carbocycles. The summed E-state index contributed by atoms with van der Waals surface area (Å²) in [5.74, 6) is -1.08. The summed E-state index contributed by atoms with van der Waals surface area (Å²) >= 11 is 1.10. The first-order chi connectivity index (χ1) is 5.65. The molecule has 0 spiro atoms. The minimum absolute atomic E-state index is 0.474. The summed E-state index contributed by atoms with van der Waals surface area (Å²) in [6.07, 6.45) is 0. The standard InChI is InChI=1S/C7H6N2O2S/c8-3-4-1-2-5(12-4)6(9)7(10)11/h1-2,6H,9H2,(H,10,11). The van der Waals surface area contributed by atoms with Gasteiger partial charge in [0.15, 0.2) is 0 Å². The predicted octanol–water partition coefficient (Wildman–Crippen LogP) is 0.704. The molecule has 5 heteroatoms. The summed E-state index contributed by atoms with van der Waals surface area (Å²) in [6.45, 7) is 0. The number of aliphatic carboxylic acids is 1. The molecule has 0 amide bonds. The fraction of sp³-hybridized carbons (Fsp3) is 0.143. The summed E-state index contributed by atoms with van der Waals surface area (Å²) < 4.78 is 0. The van der Waals surface area contributed by atoms with Crippen molar-refractivity contribution >= 4 is 17.3 Å². The third-order valence-electron chi connectivity index (χ3n) is 1.31. The molecule has 0 saturated carbocycles. The zero-order chi connectivity index (χ0) is 9.14. The van der Waals surface area contributed by atoms with Gasteiger partial charge in [0.25, 0.3) is 0 Å². The second kappa shape index (κ2) is 3.34. The van der Waals surface area contributed by atoms with Gasteiger partial charge in [0, 0.05) is 4.88 Å². The van der Waals surface area contributed by atoms with Crippen molar-refractivity contribution in [3.63, 3.8) is 0 Å². The van der Waals surface area contributed by atoms with E-state index in [-0.39, 0.29) is 0 Å². The second-order valence-corrected chi connectivity index (χ2v) is 3.25. The topological polar surface area (TPSA) is 87.1 Å². The molecular weight excluding hydrogens is 176 g/mol. The summed E-state index contributed by atoms with van der Waals surface area (Å²) in [7, 11) is 0. The number of rotatable bonds is 2. The van der Waals surface area contributed by atoms with Crippen LogP contribution >= 0.6 is 11.3 Å². The van der Waals surface area contributed by atoms with Crippen LogP contribution in [-0.2, 0) is 4.79 Å². The molecule has 0 aliphatic heterocycles. The molecule has 1 aromatic rings. The van der Waals surface area contributed by atoms with Gasteiger partial charge < -0.3 is 10.8 Å². The van der Waals surface area contributed by atoms with E-state index in [1.54, 1.807) is 12.1 Å². The second-order valence-electron chi connectivity index (χ2n) is 2.13. The number of carbonyl (C=O) groups is 1. The Labute approximate surface area is 72.9 Å². The van der Waals surface area contributed by atoms with Gasteiger partial charge in [-0.15, -0.1) is 11.3 Å². The van der Waals surface area contributed by atoms with Crippen LogP contribution in [0, 0.1) is 11.3 Å². The van der Waals surface area contributed by atoms with Crippen molar-refractivity contribution in [3.8, 4) is 6.07 Å². The van der Waals surface area contributed by atoms with E-state index in [1.165, 1.54) is 0 Å². The molecule has 0 saturated heterocycles. The summed E-state index contributed by atoms with van der Waals surface area (Å²) in [6, 6.07) is 4.01. The number of carboxylic acids is 1. The molecule has 62 valence electrons. The van der Waals surface area contributed by atoms with Crippen LogP contribution in [0.25, 0.3) is 0 Å². The van der Waals surface area contributed by atoms with Gasteiger partial charge >= 0.3 is 5.97 Å². The number of hydrogen-bond acceptors (Lipinski definition) is 4. The molecule has 0 aliphatic rings. The molecule has 1 rings (SSSR count). The SMILES string of the molecule is N#Cc1ccc(C(N)C(=O)O)s1. The highest BCUT2D eigenvalue weighted by molar-refractivity contribution is 7.12. The Morgan fingerprint density at radius 3 is 2.83 bits per heavy atom. The maximum absolute atomic E-state index is 10.4. The highest BCUT2D eigenvalue weighted by atomic mass is 32.1. The Hall–Kier alpha value is -1.38. The van der Waals surface area contributed by atoms with E-state index in [1.807, 2.05) is 6.07 Å². The Balaban J connectivity index is 2.90. The van der Waals surface area contributed by atoms with Crippen molar-refractivity contribution in [2.24, 2.45) is 5.73 Å². The highest BCUT2D eigenvalue weighted by Gasteiger charge is 2.15. The number of hydrogen-bond donors (Lipinski definition) is 2. The highest BCUT2D eigenvalue weighted by Crippen LogP contribution is 2.20. The largest absolute Gasteiger partial charge is 0.480 e. The average molecular weight is 182 g/mol. The van der Waals surface area contributed by atoms with Crippen LogP contribution in [0.1, 0.15) is 15.8 Å². The van der Waals surface area contributed by atoms with Crippen molar-refractivity contribution in [2.75, 3.05) is 0 Å². The zero-order valence-corrected chi connectivity index (χ0v) is 6.84. The van der Waals surface area contributed by atoms with Gasteiger partial charge in [0.1, 0.15) is 17.0 Å². The Bertz CT molecular complexity index is 339. The van der Waals surface area contributed by atoms with Gasteiger partial charge in [-0.05, 0) is 12.1 Å². The Morgan fingerprint density at radius 1 is 1.75 bits per heavy atom. The summed E-state index contributed by atoms with van der Waals surface area (Å²) in [4.78, 5) is 11.4. The minimum Gasteiger partial charge on any atom is -0.480 e. The molecule has 1 unspecified atom stereocenters. The van der Waals surface area contributed by atoms with Crippen LogP contribution in [0.3, 0.4) is 0 Å². The van der Waals surface area contributed by atoms with Crippen LogP contribution < -0.4 is 5.73 Å². The number of nitrogens with two attached hydrogens (primary N) is 1. The number of thiophene rings is 1. The third-order valence-corrected chi connectivity index (χ3v) is 2.38. The van der Waals surface area contributed by atoms with E-state index in [0.29, 0.717) is 9.75 Å². The van der Waals surface area contributed by atoms with E-state index in [4.69, 9.17) is 16.1 Å².